The van der Waals surface area contributed by atoms with Crippen molar-refractivity contribution in [2.45, 2.75) is 13.8 Å². The molecule has 0 bridgehead atoms. The number of carbonyl (C=O) groups excluding carboxylic acids is 3. The Morgan fingerprint density at radius 1 is 1.07 bits per heavy atom. The van der Waals surface area contributed by atoms with Gasteiger partial charge in [0.15, 0.2) is 5.75 Å². The summed E-state index contributed by atoms with van der Waals surface area (Å²) in [7, 11) is 1.30. The second-order valence-corrected chi connectivity index (χ2v) is 6.49. The van der Waals surface area contributed by atoms with E-state index in [2.05, 4.69) is 5.32 Å². The zero-order valence-corrected chi connectivity index (χ0v) is 15.9. The van der Waals surface area contributed by atoms with E-state index < -0.39 is 22.8 Å². The highest BCUT2D eigenvalue weighted by Gasteiger charge is 2.37. The average molecular weight is 395 g/mol. The second-order valence-electron chi connectivity index (χ2n) is 6.49. The lowest BCUT2D eigenvalue weighted by molar-refractivity contribution is -0.385. The number of nitrogens with one attached hydrogen (secondary N) is 1. The molecule has 0 spiro atoms. The molecule has 3 rings (SSSR count). The summed E-state index contributed by atoms with van der Waals surface area (Å²) in [6.45, 7) is 3.64. The summed E-state index contributed by atoms with van der Waals surface area (Å²) in [5.74, 6) is -1.65. The van der Waals surface area contributed by atoms with E-state index in [1.165, 1.54) is 31.4 Å². The number of nitro groups is 1. The van der Waals surface area contributed by atoms with E-state index >= 15 is 0 Å². The first-order chi connectivity index (χ1) is 13.7. The van der Waals surface area contributed by atoms with Crippen molar-refractivity contribution in [1.82, 2.24) is 5.32 Å². The van der Waals surface area contributed by atoms with Gasteiger partial charge in [-0.15, -0.1) is 0 Å². The van der Waals surface area contributed by atoms with Crippen LogP contribution >= 0.6 is 0 Å². The predicted octanol–water partition coefficient (Wildman–Crippen LogP) is 2.89. The summed E-state index contributed by atoms with van der Waals surface area (Å²) in [5.41, 5.74) is 1.62. The molecule has 4 amide bonds. The number of ether oxygens (including phenoxy) is 1. The quantitative estimate of drug-likeness (QED) is 0.368. The molecule has 9 nitrogen and oxygen atoms in total. The molecule has 2 aromatic rings. The van der Waals surface area contributed by atoms with Gasteiger partial charge in [0.25, 0.3) is 11.8 Å². The molecule has 0 aliphatic carbocycles. The van der Waals surface area contributed by atoms with Crippen molar-refractivity contribution in [1.29, 1.82) is 0 Å². The number of urea groups is 1. The van der Waals surface area contributed by atoms with E-state index in [-0.39, 0.29) is 22.6 Å². The number of hydrogen-bond donors (Lipinski definition) is 1. The minimum absolute atomic E-state index is 0.0450. The maximum Gasteiger partial charge on any atom is 0.335 e. The van der Waals surface area contributed by atoms with Gasteiger partial charge in [0.05, 0.1) is 17.7 Å². The third-order valence-corrected chi connectivity index (χ3v) is 4.28. The first-order valence-corrected chi connectivity index (χ1v) is 8.53. The van der Waals surface area contributed by atoms with E-state index in [0.717, 1.165) is 16.0 Å². The fraction of sp³-hybridized carbons (Fsp3) is 0.150. The molecule has 1 N–H and O–H groups in total. The normalized spacial score (nSPS) is 15.5. The first kappa shape index (κ1) is 19.7. The number of carbonyl (C=O) groups is 3. The Kier molecular flexibility index (Phi) is 5.14. The Hall–Kier alpha value is -4.01. The van der Waals surface area contributed by atoms with Crippen molar-refractivity contribution in [3.8, 4) is 5.75 Å². The van der Waals surface area contributed by atoms with Crippen molar-refractivity contribution >= 4 is 35.3 Å². The third-order valence-electron chi connectivity index (χ3n) is 4.28. The van der Waals surface area contributed by atoms with Crippen LogP contribution in [0.2, 0.25) is 0 Å². The zero-order valence-electron chi connectivity index (χ0n) is 15.9. The number of nitrogens with zero attached hydrogens (tertiary/aromatic N) is 2. The molecule has 1 aliphatic heterocycles. The number of rotatable bonds is 4. The van der Waals surface area contributed by atoms with Crippen LogP contribution in [0.25, 0.3) is 6.08 Å². The van der Waals surface area contributed by atoms with Crippen molar-refractivity contribution < 1.29 is 24.0 Å². The van der Waals surface area contributed by atoms with Crippen molar-refractivity contribution in [2.75, 3.05) is 12.0 Å². The second kappa shape index (κ2) is 7.55. The molecule has 0 unspecified atom stereocenters. The van der Waals surface area contributed by atoms with Gasteiger partial charge in [-0.05, 0) is 54.8 Å². The van der Waals surface area contributed by atoms with Crippen molar-refractivity contribution in [3.05, 3.63) is 68.8 Å². The first-order valence-electron chi connectivity index (χ1n) is 8.53. The lowest BCUT2D eigenvalue weighted by Gasteiger charge is -2.27. The van der Waals surface area contributed by atoms with Crippen LogP contribution in [0.1, 0.15) is 16.7 Å². The van der Waals surface area contributed by atoms with Gasteiger partial charge in [-0.25, -0.2) is 9.69 Å². The Morgan fingerprint density at radius 3 is 2.31 bits per heavy atom. The van der Waals surface area contributed by atoms with Crippen LogP contribution in [0, 0.1) is 24.0 Å². The number of methoxy groups -OCH3 is 1. The smallest absolute Gasteiger partial charge is 0.335 e. The molecule has 2 aromatic carbocycles. The molecule has 1 heterocycles. The number of nitro benzene ring substituents is 1. The molecule has 29 heavy (non-hydrogen) atoms. The van der Waals surface area contributed by atoms with E-state index in [1.54, 1.807) is 12.1 Å². The maximum atomic E-state index is 12.9. The molecule has 148 valence electrons. The topological polar surface area (TPSA) is 119 Å². The molecule has 1 aliphatic rings. The van der Waals surface area contributed by atoms with Crippen LogP contribution < -0.4 is 15.0 Å². The molecule has 0 radical (unpaired) electrons. The molecule has 0 atom stereocenters. The molecule has 1 saturated heterocycles. The Bertz CT molecular complexity index is 1070. The number of benzene rings is 2. The van der Waals surface area contributed by atoms with E-state index in [1.807, 2.05) is 19.9 Å². The van der Waals surface area contributed by atoms with Crippen LogP contribution in [-0.2, 0) is 9.59 Å². The molecule has 9 heteroatoms. The number of anilines is 1. The van der Waals surface area contributed by atoms with Crippen LogP contribution in [0.15, 0.2) is 42.0 Å². The van der Waals surface area contributed by atoms with Crippen LogP contribution in [0.4, 0.5) is 16.2 Å². The largest absolute Gasteiger partial charge is 0.490 e. The number of barbiturate groups is 1. The lowest BCUT2D eigenvalue weighted by Crippen LogP contribution is -2.54. The fourth-order valence-electron chi connectivity index (χ4n) is 3.08. The summed E-state index contributed by atoms with van der Waals surface area (Å²) < 4.78 is 4.94. The van der Waals surface area contributed by atoms with Crippen LogP contribution in [-0.4, -0.2) is 29.9 Å². The average Bonchev–Trinajstić information content (AvgIpc) is 2.64. The maximum absolute atomic E-state index is 12.9. The van der Waals surface area contributed by atoms with Gasteiger partial charge in [-0.3, -0.25) is 25.0 Å². The van der Waals surface area contributed by atoms with Gasteiger partial charge in [0.2, 0.25) is 0 Å². The Labute approximate surface area is 165 Å². The summed E-state index contributed by atoms with van der Waals surface area (Å²) in [5, 5.41) is 13.3. The van der Waals surface area contributed by atoms with Gasteiger partial charge in [0.1, 0.15) is 5.57 Å². The fourth-order valence-corrected chi connectivity index (χ4v) is 3.08. The standard InChI is InChI=1S/C20H17N3O6/c1-11-6-12(2)8-14(7-11)22-19(25)15(18(24)21-20(22)26)9-13-4-5-17(29-3)16(10-13)23(27)28/h4-10H,1-3H3,(H,21,24,26). The molecular formula is C20H17N3O6. The highest BCUT2D eigenvalue weighted by Crippen LogP contribution is 2.29. The summed E-state index contributed by atoms with van der Waals surface area (Å²) in [6, 6.07) is 8.34. The van der Waals surface area contributed by atoms with Crippen LogP contribution in [0.3, 0.4) is 0 Å². The molecule has 0 aromatic heterocycles. The number of imide groups is 2. The predicted molar refractivity (Wildman–Crippen MR) is 105 cm³/mol. The zero-order chi connectivity index (χ0) is 21.3. The minimum Gasteiger partial charge on any atom is -0.490 e. The van der Waals surface area contributed by atoms with Gasteiger partial charge in [0, 0.05) is 6.07 Å². The van der Waals surface area contributed by atoms with Gasteiger partial charge in [-0.2, -0.15) is 0 Å². The monoisotopic (exact) mass is 395 g/mol. The Balaban J connectivity index is 2.06. The minimum atomic E-state index is -0.876. The number of hydrogen-bond acceptors (Lipinski definition) is 6. The van der Waals surface area contributed by atoms with E-state index in [9.17, 15) is 24.5 Å². The molecule has 1 fully saturated rings. The van der Waals surface area contributed by atoms with E-state index in [4.69, 9.17) is 4.74 Å². The summed E-state index contributed by atoms with van der Waals surface area (Å²) in [4.78, 5) is 48.9. The number of aryl methyl sites for hydroxylation is 2. The summed E-state index contributed by atoms with van der Waals surface area (Å²) >= 11 is 0. The number of amides is 4. The summed E-state index contributed by atoms with van der Waals surface area (Å²) in [6.07, 6.45) is 1.20. The lowest BCUT2D eigenvalue weighted by atomic mass is 10.0. The van der Waals surface area contributed by atoms with E-state index in [0.29, 0.717) is 5.69 Å². The van der Waals surface area contributed by atoms with Crippen molar-refractivity contribution in [3.63, 3.8) is 0 Å². The van der Waals surface area contributed by atoms with Gasteiger partial charge in [-0.1, -0.05) is 12.1 Å². The highest BCUT2D eigenvalue weighted by atomic mass is 16.6. The van der Waals surface area contributed by atoms with Crippen molar-refractivity contribution in [2.24, 2.45) is 0 Å². The molecule has 0 saturated carbocycles. The highest BCUT2D eigenvalue weighted by molar-refractivity contribution is 6.39. The Morgan fingerprint density at radius 2 is 1.72 bits per heavy atom. The van der Waals surface area contributed by atoms with Gasteiger partial charge < -0.3 is 4.74 Å². The SMILES string of the molecule is COc1ccc(C=C2C(=O)NC(=O)N(c3cc(C)cc(C)c3)C2=O)cc1[N+](=O)[O-]. The van der Waals surface area contributed by atoms with Gasteiger partial charge >= 0.3 is 11.7 Å². The van der Waals surface area contributed by atoms with Crippen LogP contribution in [0.5, 0.6) is 5.75 Å². The molecular weight excluding hydrogens is 378 g/mol. The third kappa shape index (κ3) is 3.84.